The number of halogens is 1. The predicted octanol–water partition coefficient (Wildman–Crippen LogP) is 2.68. The second kappa shape index (κ2) is 9.91. The Hall–Kier alpha value is -2.84. The summed E-state index contributed by atoms with van der Waals surface area (Å²) in [6, 6.07) is 10.00. The van der Waals surface area contributed by atoms with Crippen molar-refractivity contribution in [1.82, 2.24) is 16.2 Å². The highest BCUT2D eigenvalue weighted by Crippen LogP contribution is 2.25. The number of benzene rings is 2. The van der Waals surface area contributed by atoms with E-state index in [4.69, 9.17) is 33.3 Å². The lowest BCUT2D eigenvalue weighted by molar-refractivity contribution is -0.123. The van der Waals surface area contributed by atoms with Crippen LogP contribution in [0.15, 0.2) is 36.4 Å². The molecule has 0 heterocycles. The molecular weight excluding hydrogens is 402 g/mol. The van der Waals surface area contributed by atoms with Gasteiger partial charge in [-0.3, -0.25) is 25.8 Å². The SMILES string of the molecule is COc1ccc(C(=O)NC(=S)NNC(=O)COc2cc(C)c(Cl)c(C)c2)cc1. The molecule has 3 N–H and O–H groups in total. The van der Waals surface area contributed by atoms with Crippen LogP contribution in [0.4, 0.5) is 0 Å². The predicted molar refractivity (Wildman–Crippen MR) is 111 cm³/mol. The summed E-state index contributed by atoms with van der Waals surface area (Å²) >= 11 is 11.1. The van der Waals surface area contributed by atoms with Crippen LogP contribution in [0.25, 0.3) is 0 Å². The molecule has 0 spiro atoms. The third kappa shape index (κ3) is 6.11. The monoisotopic (exact) mass is 421 g/mol. The lowest BCUT2D eigenvalue weighted by atomic mass is 10.1. The van der Waals surface area contributed by atoms with E-state index in [1.165, 1.54) is 7.11 Å². The summed E-state index contributed by atoms with van der Waals surface area (Å²) in [4.78, 5) is 23.9. The molecule has 2 aromatic carbocycles. The van der Waals surface area contributed by atoms with Crippen LogP contribution in [0.5, 0.6) is 11.5 Å². The average Bonchev–Trinajstić information content (AvgIpc) is 2.68. The molecule has 0 aliphatic heterocycles. The van der Waals surface area contributed by atoms with Gasteiger partial charge in [0.2, 0.25) is 0 Å². The molecule has 2 aromatic rings. The number of thiocarbonyl (C=S) groups is 1. The highest BCUT2D eigenvalue weighted by Gasteiger charge is 2.10. The van der Waals surface area contributed by atoms with E-state index < -0.39 is 11.8 Å². The quantitative estimate of drug-likeness (QED) is 0.508. The molecule has 0 saturated heterocycles. The van der Waals surface area contributed by atoms with Gasteiger partial charge in [0.05, 0.1) is 7.11 Å². The fraction of sp³-hybridized carbons (Fsp3) is 0.211. The van der Waals surface area contributed by atoms with Crippen LogP contribution in [0.1, 0.15) is 21.5 Å². The first-order chi connectivity index (χ1) is 13.3. The van der Waals surface area contributed by atoms with Gasteiger partial charge in [-0.15, -0.1) is 0 Å². The first-order valence-corrected chi connectivity index (χ1v) is 9.02. The largest absolute Gasteiger partial charge is 0.497 e. The Morgan fingerprint density at radius 2 is 1.64 bits per heavy atom. The van der Waals surface area contributed by atoms with Crippen LogP contribution < -0.4 is 25.6 Å². The molecule has 0 atom stereocenters. The van der Waals surface area contributed by atoms with Crippen molar-refractivity contribution in [3.05, 3.63) is 58.1 Å². The molecule has 0 saturated carbocycles. The Bertz CT molecular complexity index is 864. The van der Waals surface area contributed by atoms with Gasteiger partial charge in [0.25, 0.3) is 11.8 Å². The Kier molecular flexibility index (Phi) is 7.60. The van der Waals surface area contributed by atoms with Crippen molar-refractivity contribution in [2.45, 2.75) is 13.8 Å². The number of rotatable bonds is 5. The Balaban J connectivity index is 1.77. The first kappa shape index (κ1) is 21.5. The molecule has 9 heteroatoms. The average molecular weight is 422 g/mol. The highest BCUT2D eigenvalue weighted by molar-refractivity contribution is 7.80. The molecule has 2 rings (SSSR count). The Morgan fingerprint density at radius 1 is 1.04 bits per heavy atom. The van der Waals surface area contributed by atoms with Crippen LogP contribution in [0.3, 0.4) is 0 Å². The Labute approximate surface area is 173 Å². The van der Waals surface area contributed by atoms with E-state index in [9.17, 15) is 9.59 Å². The van der Waals surface area contributed by atoms with Gasteiger partial charge in [0.15, 0.2) is 11.7 Å². The fourth-order valence-corrected chi connectivity index (χ4v) is 2.50. The number of aryl methyl sites for hydroxylation is 2. The van der Waals surface area contributed by atoms with E-state index in [-0.39, 0.29) is 11.7 Å². The van der Waals surface area contributed by atoms with Crippen molar-refractivity contribution in [2.24, 2.45) is 0 Å². The van der Waals surface area contributed by atoms with Crippen molar-refractivity contribution in [2.75, 3.05) is 13.7 Å². The van der Waals surface area contributed by atoms with Gasteiger partial charge >= 0.3 is 0 Å². The molecule has 148 valence electrons. The normalized spacial score (nSPS) is 10.0. The zero-order valence-corrected chi connectivity index (χ0v) is 17.2. The minimum atomic E-state index is -0.466. The summed E-state index contributed by atoms with van der Waals surface area (Å²) in [6.45, 7) is 3.48. The summed E-state index contributed by atoms with van der Waals surface area (Å²) in [5.41, 5.74) is 6.91. The number of nitrogens with one attached hydrogen (secondary N) is 3. The lowest BCUT2D eigenvalue weighted by Gasteiger charge is -2.12. The van der Waals surface area contributed by atoms with Crippen LogP contribution in [0.2, 0.25) is 5.02 Å². The van der Waals surface area contributed by atoms with Gasteiger partial charge < -0.3 is 9.47 Å². The van der Waals surface area contributed by atoms with Crippen molar-refractivity contribution < 1.29 is 19.1 Å². The van der Waals surface area contributed by atoms with Gasteiger partial charge in [-0.05, 0) is 73.6 Å². The smallest absolute Gasteiger partial charge is 0.276 e. The highest BCUT2D eigenvalue weighted by atomic mass is 35.5. The van der Waals surface area contributed by atoms with Crippen molar-refractivity contribution >= 4 is 40.7 Å². The molecule has 28 heavy (non-hydrogen) atoms. The van der Waals surface area contributed by atoms with Crippen molar-refractivity contribution in [3.8, 4) is 11.5 Å². The van der Waals surface area contributed by atoms with Crippen molar-refractivity contribution in [3.63, 3.8) is 0 Å². The number of amides is 2. The maximum Gasteiger partial charge on any atom is 0.276 e. The zero-order valence-electron chi connectivity index (χ0n) is 15.6. The molecule has 0 aliphatic carbocycles. The van der Waals surface area contributed by atoms with Gasteiger partial charge in [0.1, 0.15) is 11.5 Å². The standard InChI is InChI=1S/C19H20ClN3O4S/c1-11-8-15(9-12(2)17(11)20)27-10-16(24)22-23-19(28)21-18(25)13-4-6-14(26-3)7-5-13/h4-9H,10H2,1-3H3,(H,22,24)(H2,21,23,25,28). The minimum Gasteiger partial charge on any atom is -0.497 e. The second-order valence-corrected chi connectivity index (χ2v) is 6.63. The Morgan fingerprint density at radius 3 is 2.21 bits per heavy atom. The van der Waals surface area contributed by atoms with E-state index in [1.807, 2.05) is 13.8 Å². The number of carbonyl (C=O) groups excluding carboxylic acids is 2. The maximum atomic E-state index is 12.1. The number of hydrogen-bond donors (Lipinski definition) is 3. The lowest BCUT2D eigenvalue weighted by Crippen LogP contribution is -2.49. The van der Waals surface area contributed by atoms with E-state index in [0.717, 1.165) is 11.1 Å². The van der Waals surface area contributed by atoms with E-state index >= 15 is 0 Å². The molecule has 0 fully saturated rings. The summed E-state index contributed by atoms with van der Waals surface area (Å²) in [5, 5.41) is 3.07. The third-order valence-corrected chi connectivity index (χ3v) is 4.47. The third-order valence-electron chi connectivity index (χ3n) is 3.67. The minimum absolute atomic E-state index is 0.0488. The number of methoxy groups -OCH3 is 1. The van der Waals surface area contributed by atoms with Crippen LogP contribution in [0, 0.1) is 13.8 Å². The fourth-order valence-electron chi connectivity index (χ4n) is 2.25. The van der Waals surface area contributed by atoms with E-state index in [0.29, 0.717) is 22.1 Å². The molecule has 0 unspecified atom stereocenters. The van der Waals surface area contributed by atoms with Gasteiger partial charge in [-0.2, -0.15) is 0 Å². The van der Waals surface area contributed by atoms with Crippen molar-refractivity contribution in [1.29, 1.82) is 0 Å². The van der Waals surface area contributed by atoms with Crippen LogP contribution >= 0.6 is 23.8 Å². The van der Waals surface area contributed by atoms with E-state index in [1.54, 1.807) is 36.4 Å². The second-order valence-electron chi connectivity index (χ2n) is 5.84. The summed E-state index contributed by atoms with van der Waals surface area (Å²) in [6.07, 6.45) is 0. The first-order valence-electron chi connectivity index (χ1n) is 8.24. The topological polar surface area (TPSA) is 88.7 Å². The molecule has 2 amide bonds. The number of ether oxygens (including phenoxy) is 2. The van der Waals surface area contributed by atoms with E-state index in [2.05, 4.69) is 16.2 Å². The molecule has 0 aliphatic rings. The molecule has 0 radical (unpaired) electrons. The summed E-state index contributed by atoms with van der Waals surface area (Å²) in [7, 11) is 1.54. The molecule has 0 aromatic heterocycles. The molecule has 7 nitrogen and oxygen atoms in total. The summed E-state index contributed by atoms with van der Waals surface area (Å²) < 4.78 is 10.5. The van der Waals surface area contributed by atoms with Crippen LogP contribution in [-0.4, -0.2) is 30.6 Å². The van der Waals surface area contributed by atoms with Gasteiger partial charge in [-0.25, -0.2) is 0 Å². The molecular formula is C19H20ClN3O4S. The maximum absolute atomic E-state index is 12.1. The number of hydrazine groups is 1. The summed E-state index contributed by atoms with van der Waals surface area (Å²) in [5.74, 6) is 0.282. The zero-order chi connectivity index (χ0) is 20.7. The molecule has 0 bridgehead atoms. The van der Waals surface area contributed by atoms with Gasteiger partial charge in [0, 0.05) is 10.6 Å². The van der Waals surface area contributed by atoms with Gasteiger partial charge in [-0.1, -0.05) is 11.6 Å². The number of hydrogen-bond acceptors (Lipinski definition) is 5. The number of carbonyl (C=O) groups is 2. The van der Waals surface area contributed by atoms with Crippen LogP contribution in [-0.2, 0) is 4.79 Å².